The van der Waals surface area contributed by atoms with Crippen molar-refractivity contribution in [1.82, 2.24) is 10.6 Å². The highest BCUT2D eigenvalue weighted by Gasteiger charge is 2.17. The summed E-state index contributed by atoms with van der Waals surface area (Å²) in [7, 11) is 0. The fraction of sp³-hybridized carbons (Fsp3) is 0.833. The van der Waals surface area contributed by atoms with Crippen LogP contribution in [0.2, 0.25) is 0 Å². The normalized spacial score (nSPS) is 17.7. The monoisotopic (exact) mass is 242 g/mol. The fourth-order valence-electron chi connectivity index (χ4n) is 2.05. The van der Waals surface area contributed by atoms with Gasteiger partial charge in [0.2, 0.25) is 0 Å². The van der Waals surface area contributed by atoms with E-state index in [9.17, 15) is 9.59 Å². The van der Waals surface area contributed by atoms with Crippen molar-refractivity contribution in [3.8, 4) is 0 Å². The van der Waals surface area contributed by atoms with Gasteiger partial charge in [0, 0.05) is 19.0 Å². The van der Waals surface area contributed by atoms with Gasteiger partial charge in [-0.05, 0) is 25.2 Å². The lowest BCUT2D eigenvalue weighted by Crippen LogP contribution is -2.42. The average Bonchev–Trinajstić information content (AvgIpc) is 2.76. The Hall–Kier alpha value is -1.26. The summed E-state index contributed by atoms with van der Waals surface area (Å²) in [6.07, 6.45) is 5.29. The first-order valence-electron chi connectivity index (χ1n) is 6.34. The molecule has 0 aromatic rings. The van der Waals surface area contributed by atoms with E-state index in [-0.39, 0.29) is 18.4 Å². The molecule has 1 unspecified atom stereocenters. The second kappa shape index (κ2) is 7.14. The van der Waals surface area contributed by atoms with Gasteiger partial charge in [-0.3, -0.25) is 4.79 Å². The van der Waals surface area contributed by atoms with E-state index in [1.165, 1.54) is 12.8 Å². The van der Waals surface area contributed by atoms with Crippen LogP contribution in [-0.2, 0) is 4.79 Å². The number of aliphatic carboxylic acids is 1. The molecule has 0 heterocycles. The standard InChI is InChI=1S/C12H22N2O3/c1-9(6-7-11(15)16)8-13-12(17)14-10-4-2-3-5-10/h9-10H,2-8H2,1H3,(H,15,16)(H2,13,14,17). The number of hydrogen-bond donors (Lipinski definition) is 3. The zero-order chi connectivity index (χ0) is 12.7. The van der Waals surface area contributed by atoms with E-state index < -0.39 is 5.97 Å². The van der Waals surface area contributed by atoms with E-state index in [1.807, 2.05) is 6.92 Å². The van der Waals surface area contributed by atoms with E-state index in [1.54, 1.807) is 0 Å². The molecule has 5 heteroatoms. The van der Waals surface area contributed by atoms with Gasteiger partial charge in [0.1, 0.15) is 0 Å². The largest absolute Gasteiger partial charge is 0.481 e. The Balaban J connectivity index is 2.07. The highest BCUT2D eigenvalue weighted by molar-refractivity contribution is 5.74. The van der Waals surface area contributed by atoms with Crippen LogP contribution >= 0.6 is 0 Å². The molecule has 0 aliphatic heterocycles. The van der Waals surface area contributed by atoms with E-state index in [0.717, 1.165) is 12.8 Å². The van der Waals surface area contributed by atoms with Gasteiger partial charge in [-0.2, -0.15) is 0 Å². The zero-order valence-electron chi connectivity index (χ0n) is 10.4. The molecule has 1 rings (SSSR count). The van der Waals surface area contributed by atoms with Crippen LogP contribution in [0.3, 0.4) is 0 Å². The predicted molar refractivity (Wildman–Crippen MR) is 64.8 cm³/mol. The molecule has 1 aliphatic rings. The van der Waals surface area contributed by atoms with Crippen LogP contribution in [-0.4, -0.2) is 29.7 Å². The van der Waals surface area contributed by atoms with Crippen molar-refractivity contribution in [2.45, 2.75) is 51.5 Å². The highest BCUT2D eigenvalue weighted by atomic mass is 16.4. The summed E-state index contributed by atoms with van der Waals surface area (Å²) < 4.78 is 0. The number of nitrogens with one attached hydrogen (secondary N) is 2. The van der Waals surface area contributed by atoms with Gasteiger partial charge in [-0.15, -0.1) is 0 Å². The summed E-state index contributed by atoms with van der Waals surface area (Å²) in [5.74, 6) is -0.590. The van der Waals surface area contributed by atoms with Crippen molar-refractivity contribution >= 4 is 12.0 Å². The Morgan fingerprint density at radius 3 is 2.59 bits per heavy atom. The van der Waals surface area contributed by atoms with Crippen LogP contribution in [0.5, 0.6) is 0 Å². The molecular weight excluding hydrogens is 220 g/mol. The molecule has 5 nitrogen and oxygen atoms in total. The van der Waals surface area contributed by atoms with Crippen LogP contribution in [0, 0.1) is 5.92 Å². The third-order valence-electron chi connectivity index (χ3n) is 3.15. The molecule has 0 aromatic carbocycles. The molecule has 98 valence electrons. The van der Waals surface area contributed by atoms with E-state index in [4.69, 9.17) is 5.11 Å². The lowest BCUT2D eigenvalue weighted by Gasteiger charge is -2.15. The number of carboxylic acid groups (broad SMARTS) is 1. The average molecular weight is 242 g/mol. The smallest absolute Gasteiger partial charge is 0.315 e. The van der Waals surface area contributed by atoms with E-state index in [0.29, 0.717) is 19.0 Å². The Bertz CT molecular complexity index is 262. The quantitative estimate of drug-likeness (QED) is 0.663. The molecule has 2 amide bonds. The van der Waals surface area contributed by atoms with E-state index >= 15 is 0 Å². The van der Waals surface area contributed by atoms with Gasteiger partial charge in [0.25, 0.3) is 0 Å². The summed E-state index contributed by atoms with van der Waals surface area (Å²) in [6, 6.07) is 0.198. The maximum Gasteiger partial charge on any atom is 0.315 e. The van der Waals surface area contributed by atoms with Crippen LogP contribution in [0.4, 0.5) is 4.79 Å². The first kappa shape index (κ1) is 13.8. The minimum atomic E-state index is -0.785. The van der Waals surface area contributed by atoms with Crippen molar-refractivity contribution in [2.75, 3.05) is 6.54 Å². The number of carbonyl (C=O) groups excluding carboxylic acids is 1. The topological polar surface area (TPSA) is 78.4 Å². The Morgan fingerprint density at radius 1 is 1.35 bits per heavy atom. The van der Waals surface area contributed by atoms with Gasteiger partial charge in [-0.1, -0.05) is 19.8 Å². The summed E-state index contributed by atoms with van der Waals surface area (Å²) in [5.41, 5.74) is 0. The number of carbonyl (C=O) groups is 2. The molecule has 1 aliphatic carbocycles. The Labute approximate surface area is 102 Å². The van der Waals surface area contributed by atoms with Crippen molar-refractivity contribution in [3.63, 3.8) is 0 Å². The molecule has 1 saturated carbocycles. The fourth-order valence-corrected chi connectivity index (χ4v) is 2.05. The maximum atomic E-state index is 11.5. The summed E-state index contributed by atoms with van der Waals surface area (Å²) in [4.78, 5) is 21.9. The number of carboxylic acids is 1. The summed E-state index contributed by atoms with van der Waals surface area (Å²) in [5, 5.41) is 14.3. The molecular formula is C12H22N2O3. The molecule has 0 bridgehead atoms. The van der Waals surface area contributed by atoms with Crippen molar-refractivity contribution in [3.05, 3.63) is 0 Å². The third kappa shape index (κ3) is 6.14. The van der Waals surface area contributed by atoms with Crippen molar-refractivity contribution < 1.29 is 14.7 Å². The Kier molecular flexibility index (Phi) is 5.80. The third-order valence-corrected chi connectivity index (χ3v) is 3.15. The van der Waals surface area contributed by atoms with E-state index in [2.05, 4.69) is 10.6 Å². The van der Waals surface area contributed by atoms with Crippen LogP contribution in [0.15, 0.2) is 0 Å². The van der Waals surface area contributed by atoms with Gasteiger partial charge in [0.05, 0.1) is 0 Å². The highest BCUT2D eigenvalue weighted by Crippen LogP contribution is 2.17. The van der Waals surface area contributed by atoms with Crippen molar-refractivity contribution in [1.29, 1.82) is 0 Å². The second-order valence-corrected chi connectivity index (χ2v) is 4.87. The van der Waals surface area contributed by atoms with Gasteiger partial charge >= 0.3 is 12.0 Å². The van der Waals surface area contributed by atoms with Crippen LogP contribution < -0.4 is 10.6 Å². The SMILES string of the molecule is CC(CCC(=O)O)CNC(=O)NC1CCCC1. The minimum Gasteiger partial charge on any atom is -0.481 e. The van der Waals surface area contributed by atoms with Crippen LogP contribution in [0.1, 0.15) is 45.4 Å². The second-order valence-electron chi connectivity index (χ2n) is 4.87. The first-order chi connectivity index (χ1) is 8.08. The molecule has 17 heavy (non-hydrogen) atoms. The number of hydrogen-bond acceptors (Lipinski definition) is 2. The first-order valence-corrected chi connectivity index (χ1v) is 6.34. The molecule has 0 aromatic heterocycles. The maximum absolute atomic E-state index is 11.5. The number of rotatable bonds is 6. The Morgan fingerprint density at radius 2 is 2.00 bits per heavy atom. The molecule has 3 N–H and O–H groups in total. The number of urea groups is 1. The lowest BCUT2D eigenvalue weighted by molar-refractivity contribution is -0.137. The molecule has 1 fully saturated rings. The molecule has 0 radical (unpaired) electrons. The zero-order valence-corrected chi connectivity index (χ0v) is 10.4. The lowest BCUT2D eigenvalue weighted by atomic mass is 10.1. The van der Waals surface area contributed by atoms with Crippen molar-refractivity contribution in [2.24, 2.45) is 5.92 Å². The van der Waals surface area contributed by atoms with Gasteiger partial charge < -0.3 is 15.7 Å². The van der Waals surface area contributed by atoms with Gasteiger partial charge in [0.15, 0.2) is 0 Å². The van der Waals surface area contributed by atoms with Crippen LogP contribution in [0.25, 0.3) is 0 Å². The molecule has 1 atom stereocenters. The molecule has 0 saturated heterocycles. The summed E-state index contributed by atoms with van der Waals surface area (Å²) >= 11 is 0. The minimum absolute atomic E-state index is 0.126. The number of amides is 2. The van der Waals surface area contributed by atoms with Gasteiger partial charge in [-0.25, -0.2) is 4.79 Å². The summed E-state index contributed by atoms with van der Waals surface area (Å²) in [6.45, 7) is 2.48. The molecule has 0 spiro atoms. The predicted octanol–water partition coefficient (Wildman–Crippen LogP) is 1.73.